The summed E-state index contributed by atoms with van der Waals surface area (Å²) in [6, 6.07) is 28.7. The second-order valence-corrected chi connectivity index (χ2v) is 13.3. The fraction of sp³-hybridized carbons (Fsp3) is 0.263. The largest absolute Gasteiger partial charge is 0.326 e. The molecule has 0 saturated heterocycles. The zero-order valence-electron chi connectivity index (χ0n) is 27.3. The number of anilines is 4. The number of amides is 4. The molecule has 46 heavy (non-hydrogen) atoms. The van der Waals surface area contributed by atoms with E-state index in [4.69, 9.17) is 0 Å². The van der Waals surface area contributed by atoms with Crippen LogP contribution in [-0.4, -0.2) is 23.6 Å². The predicted octanol–water partition coefficient (Wildman–Crippen LogP) is 8.14. The Morgan fingerprint density at radius 1 is 0.413 bits per heavy atom. The van der Waals surface area contributed by atoms with Gasteiger partial charge in [-0.05, 0) is 94.8 Å². The van der Waals surface area contributed by atoms with Gasteiger partial charge in [-0.2, -0.15) is 0 Å². The molecule has 4 N–H and O–H groups in total. The van der Waals surface area contributed by atoms with Gasteiger partial charge in [-0.15, -0.1) is 0 Å². The first-order valence-electron chi connectivity index (χ1n) is 15.3. The minimum absolute atomic E-state index is 0.00295. The summed E-state index contributed by atoms with van der Waals surface area (Å²) in [5.41, 5.74) is 5.74. The summed E-state index contributed by atoms with van der Waals surface area (Å²) in [6.45, 7) is 12.7. The van der Waals surface area contributed by atoms with Crippen molar-refractivity contribution in [2.24, 2.45) is 0 Å². The first kappa shape index (κ1) is 33.6. The van der Waals surface area contributed by atoms with Crippen LogP contribution in [0.2, 0.25) is 0 Å². The average molecular weight is 619 g/mol. The number of carbonyl (C=O) groups excluding carboxylic acids is 4. The third-order valence-electron chi connectivity index (χ3n) is 7.46. The molecule has 238 valence electrons. The van der Waals surface area contributed by atoms with Gasteiger partial charge in [0.15, 0.2) is 0 Å². The zero-order valence-corrected chi connectivity index (χ0v) is 27.3. The fourth-order valence-corrected chi connectivity index (χ4v) is 4.60. The van der Waals surface area contributed by atoms with Gasteiger partial charge in [0, 0.05) is 46.7 Å². The molecule has 0 unspecified atom stereocenters. The molecule has 4 aromatic carbocycles. The summed E-state index contributed by atoms with van der Waals surface area (Å²) in [5, 5.41) is 11.3. The maximum atomic E-state index is 12.6. The van der Waals surface area contributed by atoms with E-state index in [2.05, 4.69) is 62.8 Å². The Labute approximate surface area is 271 Å². The van der Waals surface area contributed by atoms with Crippen LogP contribution in [0.5, 0.6) is 0 Å². The lowest BCUT2D eigenvalue weighted by molar-refractivity contribution is -0.121. The fourth-order valence-electron chi connectivity index (χ4n) is 4.60. The van der Waals surface area contributed by atoms with Crippen molar-refractivity contribution in [3.05, 3.63) is 119 Å². The van der Waals surface area contributed by atoms with E-state index in [1.165, 1.54) is 0 Å². The summed E-state index contributed by atoms with van der Waals surface area (Å²) in [4.78, 5) is 50.2. The van der Waals surface area contributed by atoms with Crippen LogP contribution >= 0.6 is 0 Å². The van der Waals surface area contributed by atoms with Crippen molar-refractivity contribution in [3.63, 3.8) is 0 Å². The van der Waals surface area contributed by atoms with Crippen LogP contribution in [0.15, 0.2) is 97.1 Å². The summed E-state index contributed by atoms with van der Waals surface area (Å²) >= 11 is 0. The molecule has 0 radical (unpaired) electrons. The van der Waals surface area contributed by atoms with Crippen molar-refractivity contribution in [2.45, 2.75) is 65.2 Å². The van der Waals surface area contributed by atoms with Crippen molar-refractivity contribution in [1.82, 2.24) is 0 Å². The molecular formula is C38H42N4O4. The van der Waals surface area contributed by atoms with Gasteiger partial charge in [-0.25, -0.2) is 0 Å². The molecule has 0 saturated carbocycles. The summed E-state index contributed by atoms with van der Waals surface area (Å²) in [7, 11) is 0. The quantitative estimate of drug-likeness (QED) is 0.151. The highest BCUT2D eigenvalue weighted by molar-refractivity contribution is 6.05. The molecule has 0 heterocycles. The van der Waals surface area contributed by atoms with Crippen LogP contribution in [-0.2, 0) is 20.4 Å². The van der Waals surface area contributed by atoms with E-state index in [1.54, 1.807) is 48.5 Å². The second-order valence-electron chi connectivity index (χ2n) is 13.3. The molecule has 0 bridgehead atoms. The van der Waals surface area contributed by atoms with Gasteiger partial charge in [-0.3, -0.25) is 19.2 Å². The molecule has 4 aromatic rings. The van der Waals surface area contributed by atoms with Gasteiger partial charge in [-0.1, -0.05) is 65.8 Å². The highest BCUT2D eigenvalue weighted by Gasteiger charge is 2.16. The summed E-state index contributed by atoms with van der Waals surface area (Å²) < 4.78 is 0. The van der Waals surface area contributed by atoms with E-state index in [-0.39, 0.29) is 47.3 Å². The predicted molar refractivity (Wildman–Crippen MR) is 186 cm³/mol. The third kappa shape index (κ3) is 9.63. The number of benzene rings is 4. The van der Waals surface area contributed by atoms with Gasteiger partial charge in [0.25, 0.3) is 11.8 Å². The van der Waals surface area contributed by atoms with Crippen LogP contribution in [0.25, 0.3) is 0 Å². The van der Waals surface area contributed by atoms with Gasteiger partial charge < -0.3 is 21.3 Å². The Hall–Kier alpha value is -5.24. The highest BCUT2D eigenvalue weighted by atomic mass is 16.2. The van der Waals surface area contributed by atoms with E-state index in [0.29, 0.717) is 33.9 Å². The molecule has 0 aliphatic rings. The van der Waals surface area contributed by atoms with Crippen molar-refractivity contribution in [2.75, 3.05) is 21.3 Å². The first-order chi connectivity index (χ1) is 21.7. The highest BCUT2D eigenvalue weighted by Crippen LogP contribution is 2.24. The van der Waals surface area contributed by atoms with Crippen LogP contribution in [0.1, 0.15) is 86.2 Å². The number of rotatable bonds is 9. The molecule has 4 rings (SSSR count). The smallest absolute Gasteiger partial charge is 0.255 e. The molecule has 0 atom stereocenters. The Bertz CT molecular complexity index is 1550. The lowest BCUT2D eigenvalue weighted by Gasteiger charge is -2.19. The lowest BCUT2D eigenvalue weighted by Crippen LogP contribution is -2.17. The van der Waals surface area contributed by atoms with Crippen LogP contribution in [0, 0.1) is 0 Å². The number of carbonyl (C=O) groups is 4. The average Bonchev–Trinajstić information content (AvgIpc) is 3.01. The number of hydrogen-bond acceptors (Lipinski definition) is 4. The molecule has 4 amide bonds. The van der Waals surface area contributed by atoms with Crippen molar-refractivity contribution < 1.29 is 19.2 Å². The van der Waals surface area contributed by atoms with Crippen LogP contribution < -0.4 is 21.3 Å². The third-order valence-corrected chi connectivity index (χ3v) is 7.46. The minimum Gasteiger partial charge on any atom is -0.326 e. The summed E-state index contributed by atoms with van der Waals surface area (Å²) in [6.07, 6.45) is -0.00590. The monoisotopic (exact) mass is 618 g/mol. The Morgan fingerprint density at radius 3 is 0.935 bits per heavy atom. The Morgan fingerprint density at radius 2 is 0.674 bits per heavy atom. The SMILES string of the molecule is CC(C)(C)c1ccc(C(=O)Nc2ccc(NC(=O)CCC(=O)Nc3ccc(NC(=O)c4ccc(C(C)(C)C)cc4)cc3)cc2)cc1. The second kappa shape index (κ2) is 14.2. The topological polar surface area (TPSA) is 116 Å². The zero-order chi connectivity index (χ0) is 33.5. The van der Waals surface area contributed by atoms with E-state index in [0.717, 1.165) is 11.1 Å². The van der Waals surface area contributed by atoms with Crippen molar-refractivity contribution in [3.8, 4) is 0 Å². The van der Waals surface area contributed by atoms with E-state index in [9.17, 15) is 19.2 Å². The molecule has 8 heteroatoms. The number of hydrogen-bond donors (Lipinski definition) is 4. The Balaban J connectivity index is 1.19. The standard InChI is InChI=1S/C38H42N4O4/c1-37(2,3)27-11-7-25(8-12-27)35(45)41-31-19-15-29(16-20-31)39-33(43)23-24-34(44)40-30-17-21-32(22-18-30)42-36(46)26-9-13-28(14-10-26)38(4,5)6/h7-22H,23-24H2,1-6H3,(H,39,43)(H,40,44)(H,41,45)(H,42,46). The number of nitrogens with one attached hydrogen (secondary N) is 4. The lowest BCUT2D eigenvalue weighted by atomic mass is 9.86. The molecule has 0 aliphatic carbocycles. The normalized spacial score (nSPS) is 11.3. The Kier molecular flexibility index (Phi) is 10.4. The van der Waals surface area contributed by atoms with Gasteiger partial charge in [0.2, 0.25) is 11.8 Å². The molecule has 0 fully saturated rings. The maximum Gasteiger partial charge on any atom is 0.255 e. The molecule has 8 nitrogen and oxygen atoms in total. The van der Waals surface area contributed by atoms with E-state index < -0.39 is 0 Å². The minimum atomic E-state index is -0.306. The summed E-state index contributed by atoms with van der Waals surface area (Å²) in [5.74, 6) is -1.05. The maximum absolute atomic E-state index is 12.6. The van der Waals surface area contributed by atoms with Gasteiger partial charge in [0.05, 0.1) is 0 Å². The van der Waals surface area contributed by atoms with Crippen molar-refractivity contribution in [1.29, 1.82) is 0 Å². The molecule has 0 aromatic heterocycles. The van der Waals surface area contributed by atoms with Crippen molar-refractivity contribution >= 4 is 46.4 Å². The molecule has 0 spiro atoms. The van der Waals surface area contributed by atoms with E-state index in [1.807, 2.05) is 48.5 Å². The molecular weight excluding hydrogens is 576 g/mol. The van der Waals surface area contributed by atoms with Crippen LogP contribution in [0.3, 0.4) is 0 Å². The van der Waals surface area contributed by atoms with Gasteiger partial charge in [0.1, 0.15) is 0 Å². The van der Waals surface area contributed by atoms with Crippen LogP contribution in [0.4, 0.5) is 22.7 Å². The molecule has 0 aliphatic heterocycles. The van der Waals surface area contributed by atoms with E-state index >= 15 is 0 Å². The first-order valence-corrected chi connectivity index (χ1v) is 15.3. The van der Waals surface area contributed by atoms with Gasteiger partial charge >= 0.3 is 0 Å².